The molecule has 25 heavy (non-hydrogen) atoms. The monoisotopic (exact) mass is 344 g/mol. The fourth-order valence-corrected chi connectivity index (χ4v) is 3.71. The van der Waals surface area contributed by atoms with Gasteiger partial charge in [0.1, 0.15) is 0 Å². The van der Waals surface area contributed by atoms with E-state index in [1.807, 2.05) is 24.0 Å². The summed E-state index contributed by atoms with van der Waals surface area (Å²) in [4.78, 5) is 28.1. The first kappa shape index (κ1) is 17.6. The van der Waals surface area contributed by atoms with Crippen molar-refractivity contribution < 1.29 is 9.59 Å². The lowest BCUT2D eigenvalue weighted by atomic mass is 10.1. The van der Waals surface area contributed by atoms with Crippen LogP contribution in [0.5, 0.6) is 0 Å². The van der Waals surface area contributed by atoms with Crippen LogP contribution in [0, 0.1) is 6.92 Å². The molecule has 0 spiro atoms. The molecule has 2 aliphatic heterocycles. The molecule has 2 saturated heterocycles. The van der Waals surface area contributed by atoms with E-state index in [-0.39, 0.29) is 18.0 Å². The SMILES string of the molecule is Cc1cc(NC(=O)N[C@@H](C)CN2CCCC2=O)ccc1N1CCCC1. The second-order valence-corrected chi connectivity index (χ2v) is 7.14. The van der Waals surface area contributed by atoms with Gasteiger partial charge in [0.05, 0.1) is 0 Å². The molecule has 3 rings (SSSR count). The zero-order chi connectivity index (χ0) is 17.8. The van der Waals surface area contributed by atoms with E-state index in [0.717, 1.165) is 31.7 Å². The van der Waals surface area contributed by atoms with Crippen molar-refractivity contribution in [2.24, 2.45) is 0 Å². The molecule has 2 aliphatic rings. The van der Waals surface area contributed by atoms with Gasteiger partial charge in [-0.1, -0.05) is 0 Å². The van der Waals surface area contributed by atoms with Crippen molar-refractivity contribution in [2.45, 2.75) is 45.6 Å². The van der Waals surface area contributed by atoms with Gasteiger partial charge in [0.2, 0.25) is 5.91 Å². The highest BCUT2D eigenvalue weighted by molar-refractivity contribution is 5.90. The number of aryl methyl sites for hydroxylation is 1. The highest BCUT2D eigenvalue weighted by Crippen LogP contribution is 2.26. The summed E-state index contributed by atoms with van der Waals surface area (Å²) in [5.74, 6) is 0.183. The quantitative estimate of drug-likeness (QED) is 0.863. The molecule has 2 fully saturated rings. The number of carbonyl (C=O) groups is 2. The number of hydrogen-bond acceptors (Lipinski definition) is 3. The molecule has 0 saturated carbocycles. The van der Waals surface area contributed by atoms with Gasteiger partial charge in [-0.15, -0.1) is 0 Å². The third-order valence-electron chi connectivity index (χ3n) is 4.94. The van der Waals surface area contributed by atoms with Crippen molar-refractivity contribution in [1.82, 2.24) is 10.2 Å². The Kier molecular flexibility index (Phi) is 5.46. The van der Waals surface area contributed by atoms with Crippen LogP contribution in [-0.2, 0) is 4.79 Å². The predicted molar refractivity (Wildman–Crippen MR) is 100 cm³/mol. The molecule has 0 aliphatic carbocycles. The predicted octanol–water partition coefficient (Wildman–Crippen LogP) is 2.73. The summed E-state index contributed by atoms with van der Waals surface area (Å²) >= 11 is 0. The number of anilines is 2. The Morgan fingerprint density at radius 1 is 1.20 bits per heavy atom. The van der Waals surface area contributed by atoms with E-state index in [1.54, 1.807) is 0 Å². The Balaban J connectivity index is 1.52. The number of rotatable bonds is 5. The van der Waals surface area contributed by atoms with E-state index in [4.69, 9.17) is 0 Å². The Morgan fingerprint density at radius 3 is 2.60 bits per heavy atom. The maximum Gasteiger partial charge on any atom is 0.319 e. The second kappa shape index (κ2) is 7.76. The summed E-state index contributed by atoms with van der Waals surface area (Å²) in [7, 11) is 0. The van der Waals surface area contributed by atoms with Gasteiger partial charge in [-0.05, 0) is 56.9 Å². The van der Waals surface area contributed by atoms with E-state index in [9.17, 15) is 9.59 Å². The van der Waals surface area contributed by atoms with Gasteiger partial charge in [0.15, 0.2) is 0 Å². The third-order valence-corrected chi connectivity index (χ3v) is 4.94. The first-order valence-corrected chi connectivity index (χ1v) is 9.24. The molecule has 0 aromatic heterocycles. The largest absolute Gasteiger partial charge is 0.371 e. The molecule has 1 atom stereocenters. The fraction of sp³-hybridized carbons (Fsp3) is 0.579. The molecule has 0 radical (unpaired) electrons. The van der Waals surface area contributed by atoms with Crippen LogP contribution in [0.4, 0.5) is 16.2 Å². The summed E-state index contributed by atoms with van der Waals surface area (Å²) < 4.78 is 0. The van der Waals surface area contributed by atoms with Crippen LogP contribution >= 0.6 is 0 Å². The van der Waals surface area contributed by atoms with Gasteiger partial charge in [0.25, 0.3) is 0 Å². The zero-order valence-corrected chi connectivity index (χ0v) is 15.2. The minimum atomic E-state index is -0.229. The number of nitrogens with one attached hydrogen (secondary N) is 2. The van der Waals surface area contributed by atoms with Crippen LogP contribution in [0.15, 0.2) is 18.2 Å². The Hall–Kier alpha value is -2.24. The lowest BCUT2D eigenvalue weighted by molar-refractivity contribution is -0.127. The number of amides is 3. The average molecular weight is 344 g/mol. The van der Waals surface area contributed by atoms with Crippen molar-refractivity contribution in [2.75, 3.05) is 36.4 Å². The summed E-state index contributed by atoms with van der Waals surface area (Å²) in [5, 5.41) is 5.81. The topological polar surface area (TPSA) is 64.7 Å². The number of hydrogen-bond donors (Lipinski definition) is 2. The van der Waals surface area contributed by atoms with E-state index in [0.29, 0.717) is 13.0 Å². The zero-order valence-electron chi connectivity index (χ0n) is 15.2. The molecule has 1 aromatic rings. The van der Waals surface area contributed by atoms with E-state index in [2.05, 4.69) is 28.5 Å². The molecular formula is C19H28N4O2. The summed E-state index contributed by atoms with van der Waals surface area (Å²) in [6.45, 7) is 7.59. The normalized spacial score (nSPS) is 18.6. The van der Waals surface area contributed by atoms with Crippen molar-refractivity contribution in [3.05, 3.63) is 23.8 Å². The van der Waals surface area contributed by atoms with Gasteiger partial charge in [-0.25, -0.2) is 4.79 Å². The van der Waals surface area contributed by atoms with Gasteiger partial charge >= 0.3 is 6.03 Å². The molecule has 3 amide bonds. The van der Waals surface area contributed by atoms with Gasteiger partial charge in [0, 0.05) is 50.0 Å². The van der Waals surface area contributed by atoms with E-state index in [1.165, 1.54) is 24.1 Å². The Bertz CT molecular complexity index is 640. The fourth-order valence-electron chi connectivity index (χ4n) is 3.71. The average Bonchev–Trinajstić information content (AvgIpc) is 3.20. The summed E-state index contributed by atoms with van der Waals surface area (Å²) in [5.41, 5.74) is 3.22. The third kappa shape index (κ3) is 4.44. The molecule has 136 valence electrons. The first-order chi connectivity index (χ1) is 12.0. The molecule has 2 N–H and O–H groups in total. The molecule has 2 heterocycles. The van der Waals surface area contributed by atoms with Gasteiger partial charge in [-0.2, -0.15) is 0 Å². The summed E-state index contributed by atoms with van der Waals surface area (Å²) in [6, 6.07) is 5.75. The highest BCUT2D eigenvalue weighted by atomic mass is 16.2. The van der Waals surface area contributed by atoms with Crippen molar-refractivity contribution in [1.29, 1.82) is 0 Å². The number of nitrogens with zero attached hydrogens (tertiary/aromatic N) is 2. The molecule has 1 aromatic carbocycles. The number of likely N-dealkylation sites (tertiary alicyclic amines) is 1. The highest BCUT2D eigenvalue weighted by Gasteiger charge is 2.22. The van der Waals surface area contributed by atoms with Crippen LogP contribution in [0.2, 0.25) is 0 Å². The van der Waals surface area contributed by atoms with E-state index < -0.39 is 0 Å². The minimum absolute atomic E-state index is 0.0768. The van der Waals surface area contributed by atoms with Crippen molar-refractivity contribution in [3.63, 3.8) is 0 Å². The standard InChI is InChI=1S/C19H28N4O2/c1-14-12-16(7-8-17(14)22-9-3-4-10-22)21-19(25)20-15(2)13-23-11-5-6-18(23)24/h7-8,12,15H,3-6,9-11,13H2,1-2H3,(H2,20,21,25)/t15-/m0/s1. The second-order valence-electron chi connectivity index (χ2n) is 7.14. The Morgan fingerprint density at radius 2 is 1.96 bits per heavy atom. The van der Waals surface area contributed by atoms with Crippen LogP contribution in [-0.4, -0.2) is 49.1 Å². The molecule has 6 nitrogen and oxygen atoms in total. The molecule has 6 heteroatoms. The lowest BCUT2D eigenvalue weighted by Crippen LogP contribution is -2.44. The lowest BCUT2D eigenvalue weighted by Gasteiger charge is -2.22. The summed E-state index contributed by atoms with van der Waals surface area (Å²) in [6.07, 6.45) is 4.04. The minimum Gasteiger partial charge on any atom is -0.371 e. The number of carbonyl (C=O) groups excluding carboxylic acids is 2. The van der Waals surface area contributed by atoms with Crippen LogP contribution in [0.1, 0.15) is 38.2 Å². The van der Waals surface area contributed by atoms with Crippen molar-refractivity contribution in [3.8, 4) is 0 Å². The smallest absolute Gasteiger partial charge is 0.319 e. The molecular weight excluding hydrogens is 316 g/mol. The van der Waals surface area contributed by atoms with Crippen LogP contribution < -0.4 is 15.5 Å². The van der Waals surface area contributed by atoms with E-state index >= 15 is 0 Å². The molecule has 0 bridgehead atoms. The van der Waals surface area contributed by atoms with Gasteiger partial charge in [-0.3, -0.25) is 4.79 Å². The van der Waals surface area contributed by atoms with Crippen LogP contribution in [0.25, 0.3) is 0 Å². The number of benzene rings is 1. The first-order valence-electron chi connectivity index (χ1n) is 9.24. The van der Waals surface area contributed by atoms with Crippen molar-refractivity contribution >= 4 is 23.3 Å². The van der Waals surface area contributed by atoms with Gasteiger partial charge < -0.3 is 20.4 Å². The van der Waals surface area contributed by atoms with Crippen LogP contribution in [0.3, 0.4) is 0 Å². The Labute approximate surface area is 149 Å². The molecule has 0 unspecified atom stereocenters. The maximum atomic E-state index is 12.2. The maximum absolute atomic E-state index is 12.2. The number of urea groups is 1.